The highest BCUT2D eigenvalue weighted by Gasteiger charge is 2.20. The van der Waals surface area contributed by atoms with Gasteiger partial charge in [-0.2, -0.15) is 0 Å². The molecule has 96 valence electrons. The van der Waals surface area contributed by atoms with Crippen molar-refractivity contribution in [1.29, 1.82) is 0 Å². The highest BCUT2D eigenvalue weighted by molar-refractivity contribution is 4.72. The average Bonchev–Trinajstić information content (AvgIpc) is 2.27. The third-order valence-electron chi connectivity index (χ3n) is 3.55. The molecule has 1 N–H and O–H groups in total. The third-order valence-corrected chi connectivity index (χ3v) is 3.55. The Morgan fingerprint density at radius 1 is 1.31 bits per heavy atom. The van der Waals surface area contributed by atoms with Gasteiger partial charge in [0.15, 0.2) is 0 Å². The Hall–Kier alpha value is -0.0800. The van der Waals surface area contributed by atoms with Gasteiger partial charge in [0.05, 0.1) is 12.7 Å². The molecule has 0 amide bonds. The largest absolute Gasteiger partial charge is 0.377 e. The van der Waals surface area contributed by atoms with E-state index in [1.807, 2.05) is 0 Å². The summed E-state index contributed by atoms with van der Waals surface area (Å²) < 4.78 is 6.06. The first-order valence-electron chi connectivity index (χ1n) is 7.11. The van der Waals surface area contributed by atoms with E-state index in [1.165, 1.54) is 38.5 Å². The smallest absolute Gasteiger partial charge is 0.0623 e. The second kappa shape index (κ2) is 8.08. The second-order valence-corrected chi connectivity index (χ2v) is 5.27. The van der Waals surface area contributed by atoms with Gasteiger partial charge in [-0.25, -0.2) is 0 Å². The fourth-order valence-electron chi connectivity index (χ4n) is 2.66. The van der Waals surface area contributed by atoms with Gasteiger partial charge in [0.2, 0.25) is 0 Å². The zero-order valence-corrected chi connectivity index (χ0v) is 11.3. The van der Waals surface area contributed by atoms with Gasteiger partial charge in [-0.1, -0.05) is 40.0 Å². The second-order valence-electron chi connectivity index (χ2n) is 5.27. The zero-order valence-electron chi connectivity index (χ0n) is 11.3. The van der Waals surface area contributed by atoms with Crippen LogP contribution in [0.1, 0.15) is 59.3 Å². The molecule has 1 aliphatic carbocycles. The molecule has 0 bridgehead atoms. The molecule has 2 nitrogen and oxygen atoms in total. The first kappa shape index (κ1) is 14.0. The monoisotopic (exact) mass is 227 g/mol. The fourth-order valence-corrected chi connectivity index (χ4v) is 2.66. The van der Waals surface area contributed by atoms with Crippen molar-refractivity contribution in [1.82, 2.24) is 5.32 Å². The van der Waals surface area contributed by atoms with Crippen molar-refractivity contribution in [2.75, 3.05) is 13.2 Å². The molecule has 3 unspecified atom stereocenters. The number of likely N-dealkylation sites (N-methyl/N-ethyl adjacent to an activating group) is 1. The van der Waals surface area contributed by atoms with E-state index in [9.17, 15) is 0 Å². The lowest BCUT2D eigenvalue weighted by molar-refractivity contribution is 0.00341. The molecular weight excluding hydrogens is 198 g/mol. The molecule has 0 aromatic heterocycles. The summed E-state index contributed by atoms with van der Waals surface area (Å²) >= 11 is 0. The van der Waals surface area contributed by atoms with Crippen LogP contribution in [0.3, 0.4) is 0 Å². The quantitative estimate of drug-likeness (QED) is 0.720. The lowest BCUT2D eigenvalue weighted by atomic mass is 9.89. The van der Waals surface area contributed by atoms with E-state index >= 15 is 0 Å². The highest BCUT2D eigenvalue weighted by Crippen LogP contribution is 2.25. The number of rotatable bonds is 7. The van der Waals surface area contributed by atoms with Gasteiger partial charge in [-0.05, 0) is 31.7 Å². The molecule has 0 aromatic rings. The normalized spacial score (nSPS) is 27.9. The lowest BCUT2D eigenvalue weighted by Gasteiger charge is -2.28. The van der Waals surface area contributed by atoms with E-state index in [4.69, 9.17) is 4.74 Å². The molecule has 1 saturated carbocycles. The average molecular weight is 227 g/mol. The Balaban J connectivity index is 2.19. The highest BCUT2D eigenvalue weighted by atomic mass is 16.5. The van der Waals surface area contributed by atoms with Crippen LogP contribution in [0, 0.1) is 5.92 Å². The third kappa shape index (κ3) is 5.31. The molecule has 2 heteroatoms. The number of hydrogen-bond acceptors (Lipinski definition) is 2. The number of hydrogen-bond donors (Lipinski definition) is 1. The summed E-state index contributed by atoms with van der Waals surface area (Å²) in [6.45, 7) is 8.72. The molecule has 16 heavy (non-hydrogen) atoms. The van der Waals surface area contributed by atoms with Crippen LogP contribution in [-0.2, 0) is 4.74 Å². The Kier molecular flexibility index (Phi) is 7.06. The van der Waals surface area contributed by atoms with E-state index in [1.54, 1.807) is 0 Å². The summed E-state index contributed by atoms with van der Waals surface area (Å²) in [5.74, 6) is 0.863. The Morgan fingerprint density at radius 2 is 2.12 bits per heavy atom. The predicted octanol–water partition coefficient (Wildman–Crippen LogP) is 3.36. The van der Waals surface area contributed by atoms with E-state index in [2.05, 4.69) is 26.1 Å². The fraction of sp³-hybridized carbons (Fsp3) is 1.00. The predicted molar refractivity (Wildman–Crippen MR) is 69.7 cm³/mol. The number of ether oxygens (including phenoxy) is 1. The van der Waals surface area contributed by atoms with Crippen molar-refractivity contribution < 1.29 is 4.74 Å². The maximum atomic E-state index is 6.06. The van der Waals surface area contributed by atoms with Gasteiger partial charge in [-0.3, -0.25) is 0 Å². The molecule has 0 spiro atoms. The molecule has 0 radical (unpaired) electrons. The summed E-state index contributed by atoms with van der Waals surface area (Å²) in [5, 5.41) is 3.51. The molecular formula is C14H29NO. The van der Waals surface area contributed by atoms with Crippen molar-refractivity contribution >= 4 is 0 Å². The van der Waals surface area contributed by atoms with Crippen LogP contribution in [0.4, 0.5) is 0 Å². The lowest BCUT2D eigenvalue weighted by Crippen LogP contribution is -2.35. The van der Waals surface area contributed by atoms with Crippen molar-refractivity contribution in [2.24, 2.45) is 5.92 Å². The summed E-state index contributed by atoms with van der Waals surface area (Å²) in [5.41, 5.74) is 0. The molecule has 0 aliphatic heterocycles. The minimum atomic E-state index is 0.529. The molecule has 0 aromatic carbocycles. The Labute approximate surface area is 101 Å². The molecule has 0 saturated heterocycles. The van der Waals surface area contributed by atoms with Crippen LogP contribution < -0.4 is 5.32 Å². The van der Waals surface area contributed by atoms with E-state index in [-0.39, 0.29) is 0 Å². The minimum Gasteiger partial charge on any atom is -0.377 e. The molecule has 1 rings (SSSR count). The van der Waals surface area contributed by atoms with Crippen molar-refractivity contribution in [3.8, 4) is 0 Å². The van der Waals surface area contributed by atoms with Crippen LogP contribution in [0.15, 0.2) is 0 Å². The summed E-state index contributed by atoms with van der Waals surface area (Å²) in [7, 11) is 0. The van der Waals surface area contributed by atoms with Crippen molar-refractivity contribution in [3.63, 3.8) is 0 Å². The van der Waals surface area contributed by atoms with Gasteiger partial charge in [0, 0.05) is 6.04 Å². The topological polar surface area (TPSA) is 21.3 Å². The zero-order chi connectivity index (χ0) is 11.8. The van der Waals surface area contributed by atoms with Gasteiger partial charge in [0.25, 0.3) is 0 Å². The van der Waals surface area contributed by atoms with E-state index < -0.39 is 0 Å². The molecule has 1 aliphatic rings. The maximum absolute atomic E-state index is 6.06. The van der Waals surface area contributed by atoms with Crippen molar-refractivity contribution in [2.45, 2.75) is 71.4 Å². The van der Waals surface area contributed by atoms with Crippen LogP contribution >= 0.6 is 0 Å². The first-order valence-corrected chi connectivity index (χ1v) is 7.11. The van der Waals surface area contributed by atoms with E-state index in [0.717, 1.165) is 19.1 Å². The Bertz CT molecular complexity index is 161. The maximum Gasteiger partial charge on any atom is 0.0623 e. The molecule has 3 atom stereocenters. The van der Waals surface area contributed by atoms with Gasteiger partial charge >= 0.3 is 0 Å². The van der Waals surface area contributed by atoms with Gasteiger partial charge < -0.3 is 10.1 Å². The SMILES string of the molecule is CCCC(COC1CCCC(C)C1)NCC. The van der Waals surface area contributed by atoms with Crippen LogP contribution in [-0.4, -0.2) is 25.3 Å². The van der Waals surface area contributed by atoms with Crippen LogP contribution in [0.25, 0.3) is 0 Å². The number of nitrogens with one attached hydrogen (secondary N) is 1. The summed E-state index contributed by atoms with van der Waals surface area (Å²) in [6, 6.07) is 0.562. The van der Waals surface area contributed by atoms with Gasteiger partial charge in [-0.15, -0.1) is 0 Å². The summed E-state index contributed by atoms with van der Waals surface area (Å²) in [4.78, 5) is 0. The Morgan fingerprint density at radius 3 is 2.75 bits per heavy atom. The van der Waals surface area contributed by atoms with E-state index in [0.29, 0.717) is 12.1 Å². The van der Waals surface area contributed by atoms with Crippen LogP contribution in [0.2, 0.25) is 0 Å². The van der Waals surface area contributed by atoms with Gasteiger partial charge in [0.1, 0.15) is 0 Å². The van der Waals surface area contributed by atoms with Crippen molar-refractivity contribution in [3.05, 3.63) is 0 Å². The molecule has 0 heterocycles. The van der Waals surface area contributed by atoms with Crippen LogP contribution in [0.5, 0.6) is 0 Å². The standard InChI is InChI=1S/C14H29NO/c1-4-7-13(15-5-2)11-16-14-9-6-8-12(3)10-14/h12-15H,4-11H2,1-3H3. The minimum absolute atomic E-state index is 0.529. The first-order chi connectivity index (χ1) is 7.76. The summed E-state index contributed by atoms with van der Waals surface area (Å²) in [6.07, 6.45) is 8.29. The molecule has 1 fully saturated rings.